The second kappa shape index (κ2) is 6.88. The van der Waals surface area contributed by atoms with Crippen LogP contribution in [0.2, 0.25) is 0 Å². The van der Waals surface area contributed by atoms with Crippen LogP contribution in [0.1, 0.15) is 12.7 Å². The second-order valence-corrected chi connectivity index (χ2v) is 3.09. The number of ether oxygens (including phenoxy) is 1. The Hall–Kier alpha value is -1.51. The molecule has 0 aliphatic heterocycles. The number of aromatic nitrogens is 2. The summed E-state index contributed by atoms with van der Waals surface area (Å²) in [7, 11) is 1.85. The lowest BCUT2D eigenvalue weighted by molar-refractivity contribution is -0.672. The molecule has 0 saturated carbocycles. The van der Waals surface area contributed by atoms with Gasteiger partial charge in [0.15, 0.2) is 12.9 Å². The highest BCUT2D eigenvalue weighted by molar-refractivity contribution is 5.72. The number of nitrogens with zero attached hydrogens (tertiary/aromatic N) is 3. The molecule has 0 saturated heterocycles. The van der Waals surface area contributed by atoms with Crippen LogP contribution >= 0.6 is 0 Å². The van der Waals surface area contributed by atoms with Crippen molar-refractivity contribution in [1.29, 1.82) is 0 Å². The zero-order valence-corrected chi connectivity index (χ0v) is 9.92. The van der Waals surface area contributed by atoms with Crippen molar-refractivity contribution >= 4 is 6.21 Å². The zero-order chi connectivity index (χ0) is 11.3. The number of hydrogen-bond donors (Lipinski definition) is 1. The number of terminal acetylenes is 1. The Morgan fingerprint density at radius 3 is 3.06 bits per heavy atom. The molecule has 0 spiro atoms. The van der Waals surface area contributed by atoms with Gasteiger partial charge in [-0.2, -0.15) is 0 Å². The average Bonchev–Trinajstić information content (AvgIpc) is 2.58. The lowest BCUT2D eigenvalue weighted by atomic mass is 10.4. The number of oxime groups is 1. The van der Waals surface area contributed by atoms with E-state index in [4.69, 9.17) is 16.4 Å². The molecule has 1 N–H and O–H groups in total. The van der Waals surface area contributed by atoms with E-state index in [1.54, 1.807) is 11.5 Å². The largest absolute Gasteiger partial charge is 1.00 e. The highest BCUT2D eigenvalue weighted by Crippen LogP contribution is 1.96. The maximum absolute atomic E-state index is 8.48. The van der Waals surface area contributed by atoms with E-state index in [1.165, 1.54) is 6.21 Å². The van der Waals surface area contributed by atoms with Crippen molar-refractivity contribution in [2.75, 3.05) is 0 Å². The lowest BCUT2D eigenvalue weighted by Crippen LogP contribution is -3.00. The molecule has 0 aliphatic rings. The van der Waals surface area contributed by atoms with Crippen molar-refractivity contribution in [2.45, 2.75) is 19.8 Å². The van der Waals surface area contributed by atoms with Crippen LogP contribution in [0.5, 0.6) is 0 Å². The summed E-state index contributed by atoms with van der Waals surface area (Å²) in [6, 6.07) is 0. The summed E-state index contributed by atoms with van der Waals surface area (Å²) in [5, 5.41) is 11.5. The minimum Gasteiger partial charge on any atom is -1.00 e. The van der Waals surface area contributed by atoms with Crippen LogP contribution in [0.25, 0.3) is 0 Å². The van der Waals surface area contributed by atoms with Gasteiger partial charge in [-0.25, -0.2) is 9.13 Å². The van der Waals surface area contributed by atoms with Gasteiger partial charge in [-0.05, 0) is 6.92 Å². The third-order valence-corrected chi connectivity index (χ3v) is 2.00. The van der Waals surface area contributed by atoms with Gasteiger partial charge in [-0.3, -0.25) is 0 Å². The van der Waals surface area contributed by atoms with Crippen molar-refractivity contribution in [3.63, 3.8) is 0 Å². The van der Waals surface area contributed by atoms with Crippen LogP contribution in [0.4, 0.5) is 0 Å². The van der Waals surface area contributed by atoms with Crippen LogP contribution in [0.15, 0.2) is 17.5 Å². The first-order valence-electron chi connectivity index (χ1n) is 4.49. The number of imidazole rings is 1. The number of hydrogen-bond acceptors (Lipinski definition) is 3. The van der Waals surface area contributed by atoms with Gasteiger partial charge >= 0.3 is 5.82 Å². The Bertz CT molecular complexity index is 395. The molecule has 1 unspecified atom stereocenters. The summed E-state index contributed by atoms with van der Waals surface area (Å²) < 4.78 is 8.94. The first kappa shape index (κ1) is 14.5. The van der Waals surface area contributed by atoms with Crippen molar-refractivity contribution in [3.8, 4) is 12.3 Å². The fourth-order valence-electron chi connectivity index (χ4n) is 1.10. The summed E-state index contributed by atoms with van der Waals surface area (Å²) in [5.74, 6) is 3.19. The monoisotopic (exact) mass is 243 g/mol. The minimum absolute atomic E-state index is 0. The molecule has 16 heavy (non-hydrogen) atoms. The van der Waals surface area contributed by atoms with Crippen molar-refractivity contribution in [3.05, 3.63) is 18.2 Å². The maximum Gasteiger partial charge on any atom is 0.305 e. The Balaban J connectivity index is 0.00000225. The maximum atomic E-state index is 8.48. The topological polar surface area (TPSA) is 50.6 Å². The highest BCUT2D eigenvalue weighted by atomic mass is 35.5. The summed E-state index contributed by atoms with van der Waals surface area (Å²) in [6.07, 6.45) is 9.93. The first-order chi connectivity index (χ1) is 7.19. The Kier molecular flexibility index (Phi) is 6.23. The summed E-state index contributed by atoms with van der Waals surface area (Å²) in [5.41, 5.74) is 0. The molecule has 5 nitrogen and oxygen atoms in total. The van der Waals surface area contributed by atoms with Gasteiger partial charge in [-0.1, -0.05) is 11.1 Å². The number of rotatable bonds is 4. The molecule has 6 heteroatoms. The van der Waals surface area contributed by atoms with Crippen LogP contribution in [0, 0.1) is 12.3 Å². The second-order valence-electron chi connectivity index (χ2n) is 3.09. The summed E-state index contributed by atoms with van der Waals surface area (Å²) >= 11 is 0. The molecule has 1 heterocycles. The van der Waals surface area contributed by atoms with Gasteiger partial charge in [0.05, 0.1) is 7.05 Å². The SMILES string of the molecule is C#CC(C)OCn1cc[n+](C)c1/C=N/O.[Cl-]. The summed E-state index contributed by atoms with van der Waals surface area (Å²) in [6.45, 7) is 2.12. The first-order valence-corrected chi connectivity index (χ1v) is 4.49. The summed E-state index contributed by atoms with van der Waals surface area (Å²) in [4.78, 5) is 0. The normalized spacial score (nSPS) is 12.1. The predicted octanol–water partition coefficient (Wildman–Crippen LogP) is -2.88. The quantitative estimate of drug-likeness (QED) is 0.203. The lowest BCUT2D eigenvalue weighted by Gasteiger charge is -2.04. The molecule has 1 aromatic heterocycles. The van der Waals surface area contributed by atoms with E-state index in [1.807, 2.05) is 24.0 Å². The van der Waals surface area contributed by atoms with E-state index in [9.17, 15) is 0 Å². The van der Waals surface area contributed by atoms with Crippen LogP contribution in [-0.2, 0) is 18.5 Å². The molecule has 1 aromatic rings. The van der Waals surface area contributed by atoms with Crippen molar-refractivity contribution in [2.24, 2.45) is 12.2 Å². The third-order valence-electron chi connectivity index (χ3n) is 2.00. The van der Waals surface area contributed by atoms with Crippen LogP contribution < -0.4 is 17.0 Å². The Labute approximate surface area is 101 Å². The molecule has 1 atom stereocenters. The molecular weight excluding hydrogens is 230 g/mol. The van der Waals surface area contributed by atoms with Gasteiger partial charge in [0, 0.05) is 0 Å². The van der Waals surface area contributed by atoms with Crippen LogP contribution in [-0.4, -0.2) is 22.1 Å². The number of halogens is 1. The fourth-order valence-corrected chi connectivity index (χ4v) is 1.10. The van der Waals surface area contributed by atoms with E-state index in [0.717, 1.165) is 5.82 Å². The minimum atomic E-state index is -0.239. The van der Waals surface area contributed by atoms with E-state index in [2.05, 4.69) is 11.1 Å². The van der Waals surface area contributed by atoms with Gasteiger partial charge in [0.25, 0.3) is 0 Å². The number of aryl methyl sites for hydroxylation is 1. The van der Waals surface area contributed by atoms with E-state index in [0.29, 0.717) is 6.73 Å². The van der Waals surface area contributed by atoms with Gasteiger partial charge < -0.3 is 22.4 Å². The molecule has 0 fully saturated rings. The van der Waals surface area contributed by atoms with E-state index < -0.39 is 0 Å². The molecule has 0 bridgehead atoms. The van der Waals surface area contributed by atoms with Crippen molar-refractivity contribution in [1.82, 2.24) is 4.57 Å². The van der Waals surface area contributed by atoms with Gasteiger partial charge in [-0.15, -0.1) is 6.42 Å². The average molecular weight is 244 g/mol. The molecule has 0 amide bonds. The Morgan fingerprint density at radius 1 is 1.81 bits per heavy atom. The molecule has 88 valence electrons. The molecular formula is C10H14ClN3O2. The Morgan fingerprint density at radius 2 is 2.50 bits per heavy atom. The van der Waals surface area contributed by atoms with Gasteiger partial charge in [0.2, 0.25) is 0 Å². The van der Waals surface area contributed by atoms with E-state index >= 15 is 0 Å². The molecule has 0 aromatic carbocycles. The highest BCUT2D eigenvalue weighted by Gasteiger charge is 2.12. The van der Waals surface area contributed by atoms with Crippen LogP contribution in [0.3, 0.4) is 0 Å². The molecule has 1 rings (SSSR count). The van der Waals surface area contributed by atoms with Crippen molar-refractivity contribution < 1.29 is 26.9 Å². The third kappa shape index (κ3) is 3.57. The molecule has 0 radical (unpaired) electrons. The van der Waals surface area contributed by atoms with Gasteiger partial charge in [0.1, 0.15) is 18.5 Å². The smallest absolute Gasteiger partial charge is 0.305 e. The zero-order valence-electron chi connectivity index (χ0n) is 9.17. The molecule has 0 aliphatic carbocycles. The van der Waals surface area contributed by atoms with E-state index in [-0.39, 0.29) is 18.5 Å². The fraction of sp³-hybridized carbons (Fsp3) is 0.400. The predicted molar refractivity (Wildman–Crippen MR) is 54.4 cm³/mol. The standard InChI is InChI=1S/C10H13N3O2.ClH/c1-4-9(2)15-8-13-6-5-12(3)10(13)7-11-14;/h1,5-7,9H,8H2,2-3H3;1H.